The van der Waals surface area contributed by atoms with Crippen LogP contribution < -0.4 is 15.5 Å². The van der Waals surface area contributed by atoms with Gasteiger partial charge < -0.3 is 20.3 Å². The van der Waals surface area contributed by atoms with Crippen LogP contribution in [0.5, 0.6) is 0 Å². The highest BCUT2D eigenvalue weighted by Crippen LogP contribution is 2.17. The van der Waals surface area contributed by atoms with Crippen molar-refractivity contribution in [1.29, 1.82) is 0 Å². The van der Waals surface area contributed by atoms with Gasteiger partial charge in [-0.05, 0) is 37.0 Å². The van der Waals surface area contributed by atoms with E-state index in [1.54, 1.807) is 0 Å². The van der Waals surface area contributed by atoms with Crippen LogP contribution in [0, 0.1) is 6.92 Å². The maximum absolute atomic E-state index is 5.72. The number of nitrogens with one attached hydrogen (secondary N) is 2. The molecule has 1 aromatic carbocycles. The Morgan fingerprint density at radius 3 is 2.64 bits per heavy atom. The summed E-state index contributed by atoms with van der Waals surface area (Å²) in [5, 5.41) is 6.87. The van der Waals surface area contributed by atoms with Crippen LogP contribution in [-0.2, 0) is 11.3 Å². The summed E-state index contributed by atoms with van der Waals surface area (Å²) in [4.78, 5) is 11.2. The van der Waals surface area contributed by atoms with E-state index >= 15 is 0 Å². The number of hydrogen-bond donors (Lipinski definition) is 2. The van der Waals surface area contributed by atoms with E-state index in [1.165, 1.54) is 11.1 Å². The van der Waals surface area contributed by atoms with Crippen LogP contribution in [0.4, 0.5) is 5.82 Å². The number of rotatable bonds is 7. The predicted molar refractivity (Wildman–Crippen MR) is 115 cm³/mol. The highest BCUT2D eigenvalue weighted by atomic mass is 16.5. The molecule has 0 aliphatic carbocycles. The van der Waals surface area contributed by atoms with Crippen molar-refractivity contribution in [3.05, 3.63) is 59.8 Å². The van der Waals surface area contributed by atoms with Crippen LogP contribution in [0.2, 0.25) is 0 Å². The summed E-state index contributed by atoms with van der Waals surface area (Å²) in [6.07, 6.45) is 4.08. The number of nitrogens with zero attached hydrogens (tertiary/aromatic N) is 3. The average molecular weight is 382 g/mol. The molecule has 1 saturated heterocycles. The van der Waals surface area contributed by atoms with Gasteiger partial charge in [0.1, 0.15) is 5.82 Å². The van der Waals surface area contributed by atoms with Gasteiger partial charge in [-0.15, -0.1) is 0 Å². The monoisotopic (exact) mass is 381 g/mol. The molecule has 2 aromatic rings. The number of aromatic nitrogens is 1. The quantitative estimate of drug-likeness (QED) is 0.439. The van der Waals surface area contributed by atoms with E-state index < -0.39 is 0 Å². The third-order valence-electron chi connectivity index (χ3n) is 4.93. The summed E-state index contributed by atoms with van der Waals surface area (Å²) in [5.41, 5.74) is 2.39. The largest absolute Gasteiger partial charge is 0.375 e. The Labute approximate surface area is 168 Å². The second kappa shape index (κ2) is 10.7. The van der Waals surface area contributed by atoms with Gasteiger partial charge in [0, 0.05) is 38.9 Å². The van der Waals surface area contributed by atoms with Crippen LogP contribution in [0.25, 0.3) is 0 Å². The first-order valence-corrected chi connectivity index (χ1v) is 10.0. The zero-order chi connectivity index (χ0) is 19.6. The van der Waals surface area contributed by atoms with E-state index in [4.69, 9.17) is 4.74 Å². The van der Waals surface area contributed by atoms with Crippen LogP contribution in [0.3, 0.4) is 0 Å². The van der Waals surface area contributed by atoms with Crippen molar-refractivity contribution in [3.8, 4) is 0 Å². The zero-order valence-electron chi connectivity index (χ0n) is 16.9. The van der Waals surface area contributed by atoms with E-state index in [-0.39, 0.29) is 0 Å². The third kappa shape index (κ3) is 6.23. The van der Waals surface area contributed by atoms with Gasteiger partial charge in [0.05, 0.1) is 13.2 Å². The molecule has 6 nitrogen and oxygen atoms in total. The molecule has 0 atom stereocenters. The lowest BCUT2D eigenvalue weighted by Crippen LogP contribution is -2.49. The molecule has 1 aliphatic rings. The number of pyridine rings is 1. The van der Waals surface area contributed by atoms with Crippen LogP contribution in [-0.4, -0.2) is 50.3 Å². The van der Waals surface area contributed by atoms with E-state index in [2.05, 4.69) is 56.7 Å². The number of aryl methyl sites for hydroxylation is 1. The number of benzene rings is 1. The molecule has 1 aliphatic heterocycles. The first kappa shape index (κ1) is 20.1. The maximum Gasteiger partial charge on any atom is 0.191 e. The number of guanidine groups is 1. The summed E-state index contributed by atoms with van der Waals surface area (Å²) in [7, 11) is 1.81. The van der Waals surface area contributed by atoms with Gasteiger partial charge in [0.25, 0.3) is 0 Å². The minimum absolute atomic E-state index is 0.429. The first-order chi connectivity index (χ1) is 13.7. The van der Waals surface area contributed by atoms with Gasteiger partial charge in [-0.2, -0.15) is 0 Å². The Bertz CT molecular complexity index is 724. The molecule has 0 spiro atoms. The fourth-order valence-electron chi connectivity index (χ4n) is 3.29. The van der Waals surface area contributed by atoms with Gasteiger partial charge in [-0.25, -0.2) is 4.98 Å². The Balaban J connectivity index is 1.33. The zero-order valence-corrected chi connectivity index (χ0v) is 16.9. The van der Waals surface area contributed by atoms with Crippen molar-refractivity contribution in [3.63, 3.8) is 0 Å². The van der Waals surface area contributed by atoms with Gasteiger partial charge in [-0.1, -0.05) is 36.4 Å². The number of piperidine rings is 1. The molecule has 0 bridgehead atoms. The van der Waals surface area contributed by atoms with E-state index in [9.17, 15) is 0 Å². The number of anilines is 1. The summed E-state index contributed by atoms with van der Waals surface area (Å²) >= 11 is 0. The van der Waals surface area contributed by atoms with Crippen LogP contribution in [0.1, 0.15) is 24.0 Å². The molecule has 0 amide bonds. The molecular formula is C22H31N5O. The lowest BCUT2D eigenvalue weighted by atomic mass is 10.1. The molecular weight excluding hydrogens is 350 g/mol. The lowest BCUT2D eigenvalue weighted by molar-refractivity contribution is 0.125. The third-order valence-corrected chi connectivity index (χ3v) is 4.93. The molecule has 28 heavy (non-hydrogen) atoms. The highest BCUT2D eigenvalue weighted by Gasteiger charge is 2.20. The Kier molecular flexibility index (Phi) is 7.67. The standard InChI is InChI=1S/C22H31N5O/c1-18-8-9-21(25-16-18)27-13-10-20(11-14-27)26-22(23-2)24-12-15-28-17-19-6-4-3-5-7-19/h3-9,16,20H,10-15,17H2,1-2H3,(H2,23,24,26). The molecule has 1 fully saturated rings. The van der Waals surface area contributed by atoms with Gasteiger partial charge in [0.15, 0.2) is 5.96 Å². The fourth-order valence-corrected chi connectivity index (χ4v) is 3.29. The molecule has 0 saturated carbocycles. The molecule has 2 N–H and O–H groups in total. The fraction of sp³-hybridized carbons (Fsp3) is 0.455. The van der Waals surface area contributed by atoms with Gasteiger partial charge in [0.2, 0.25) is 0 Å². The van der Waals surface area contributed by atoms with Crippen LogP contribution >= 0.6 is 0 Å². The second-order valence-corrected chi connectivity index (χ2v) is 7.14. The molecule has 0 radical (unpaired) electrons. The topological polar surface area (TPSA) is 61.8 Å². The lowest BCUT2D eigenvalue weighted by Gasteiger charge is -2.33. The van der Waals surface area contributed by atoms with E-state index in [0.717, 1.165) is 44.3 Å². The summed E-state index contributed by atoms with van der Waals surface area (Å²) < 4.78 is 5.72. The average Bonchev–Trinajstić information content (AvgIpc) is 2.74. The number of aliphatic imine (C=N–C) groups is 1. The first-order valence-electron chi connectivity index (χ1n) is 10.0. The van der Waals surface area contributed by atoms with E-state index in [0.29, 0.717) is 19.3 Å². The van der Waals surface area contributed by atoms with Crippen molar-refractivity contribution in [2.75, 3.05) is 38.2 Å². The molecule has 6 heteroatoms. The van der Waals surface area contributed by atoms with Crippen LogP contribution in [0.15, 0.2) is 53.7 Å². The van der Waals surface area contributed by atoms with E-state index in [1.807, 2.05) is 31.4 Å². The minimum atomic E-state index is 0.429. The molecule has 0 unspecified atom stereocenters. The Morgan fingerprint density at radius 2 is 1.96 bits per heavy atom. The second-order valence-electron chi connectivity index (χ2n) is 7.14. The van der Waals surface area contributed by atoms with Crippen molar-refractivity contribution < 1.29 is 4.74 Å². The van der Waals surface area contributed by atoms with Crippen molar-refractivity contribution in [2.24, 2.45) is 4.99 Å². The number of ether oxygens (including phenoxy) is 1. The Morgan fingerprint density at radius 1 is 1.18 bits per heavy atom. The van der Waals surface area contributed by atoms with Crippen molar-refractivity contribution in [1.82, 2.24) is 15.6 Å². The maximum atomic E-state index is 5.72. The van der Waals surface area contributed by atoms with Crippen molar-refractivity contribution in [2.45, 2.75) is 32.4 Å². The highest BCUT2D eigenvalue weighted by molar-refractivity contribution is 5.79. The Hall–Kier alpha value is -2.60. The molecule has 3 rings (SSSR count). The van der Waals surface area contributed by atoms with Gasteiger partial charge >= 0.3 is 0 Å². The molecule has 150 valence electrons. The summed E-state index contributed by atoms with van der Waals surface area (Å²) in [6.45, 7) is 6.10. The SMILES string of the molecule is CN=C(NCCOCc1ccccc1)NC1CCN(c2ccc(C)cn2)CC1. The molecule has 1 aromatic heterocycles. The predicted octanol–water partition coefficient (Wildman–Crippen LogP) is 2.74. The minimum Gasteiger partial charge on any atom is -0.375 e. The summed E-state index contributed by atoms with van der Waals surface area (Å²) in [5.74, 6) is 1.91. The summed E-state index contributed by atoms with van der Waals surface area (Å²) in [6, 6.07) is 14.9. The molecule has 2 heterocycles. The van der Waals surface area contributed by atoms with Gasteiger partial charge in [-0.3, -0.25) is 4.99 Å². The van der Waals surface area contributed by atoms with Crippen molar-refractivity contribution >= 4 is 11.8 Å². The number of hydrogen-bond acceptors (Lipinski definition) is 4. The smallest absolute Gasteiger partial charge is 0.191 e. The normalized spacial score (nSPS) is 15.5.